The molecule has 25 heavy (non-hydrogen) atoms. The highest BCUT2D eigenvalue weighted by Gasteiger charge is 2.11. The summed E-state index contributed by atoms with van der Waals surface area (Å²) in [5.74, 6) is 0.987. The summed E-state index contributed by atoms with van der Waals surface area (Å²) in [6.07, 6.45) is 3.54. The molecule has 0 aliphatic rings. The Hall–Kier alpha value is -1.99. The highest BCUT2D eigenvalue weighted by atomic mass is 32.1. The number of thiol groups is 1. The molecule has 6 nitrogen and oxygen atoms in total. The fraction of sp³-hybridized carbons (Fsp3) is 0.444. The fourth-order valence-corrected chi connectivity index (χ4v) is 2.73. The smallest absolute Gasteiger partial charge is 0.237 e. The van der Waals surface area contributed by atoms with Crippen LogP contribution in [0.5, 0.6) is 5.75 Å². The SMILES string of the molecule is COc1cc(NC(C)CCCNC(=O)C(N)CS)c2ncccc2c1. The van der Waals surface area contributed by atoms with Crippen LogP contribution >= 0.6 is 12.6 Å². The lowest BCUT2D eigenvalue weighted by Gasteiger charge is -2.18. The second kappa shape index (κ2) is 9.48. The Morgan fingerprint density at radius 2 is 2.24 bits per heavy atom. The minimum absolute atomic E-state index is 0.154. The number of fused-ring (bicyclic) bond motifs is 1. The molecule has 1 amide bonds. The Kier molecular flexibility index (Phi) is 7.33. The first kappa shape index (κ1) is 19.3. The first-order chi connectivity index (χ1) is 12.0. The number of nitrogens with one attached hydrogen (secondary N) is 2. The molecule has 0 aliphatic heterocycles. The molecule has 7 heteroatoms. The number of amides is 1. The van der Waals surface area contributed by atoms with Crippen LogP contribution in [0.3, 0.4) is 0 Å². The second-order valence-electron chi connectivity index (χ2n) is 6.02. The predicted molar refractivity (Wildman–Crippen MR) is 105 cm³/mol. The molecule has 0 bridgehead atoms. The molecule has 0 saturated heterocycles. The van der Waals surface area contributed by atoms with Gasteiger partial charge in [0.15, 0.2) is 0 Å². The maximum atomic E-state index is 11.6. The molecule has 2 aromatic rings. The van der Waals surface area contributed by atoms with Crippen molar-refractivity contribution in [3.8, 4) is 5.75 Å². The van der Waals surface area contributed by atoms with E-state index >= 15 is 0 Å². The molecule has 136 valence electrons. The maximum absolute atomic E-state index is 11.6. The van der Waals surface area contributed by atoms with Crippen LogP contribution in [0.2, 0.25) is 0 Å². The van der Waals surface area contributed by atoms with Gasteiger partial charge < -0.3 is 21.1 Å². The van der Waals surface area contributed by atoms with Gasteiger partial charge in [-0.05, 0) is 31.9 Å². The van der Waals surface area contributed by atoms with E-state index in [0.29, 0.717) is 12.3 Å². The van der Waals surface area contributed by atoms with Crippen molar-refractivity contribution in [1.29, 1.82) is 0 Å². The van der Waals surface area contributed by atoms with Crippen LogP contribution in [-0.2, 0) is 4.79 Å². The van der Waals surface area contributed by atoms with Gasteiger partial charge in [-0.25, -0.2) is 0 Å². The number of anilines is 1. The second-order valence-corrected chi connectivity index (χ2v) is 6.38. The van der Waals surface area contributed by atoms with Gasteiger partial charge >= 0.3 is 0 Å². The van der Waals surface area contributed by atoms with Crippen LogP contribution < -0.4 is 21.1 Å². The summed E-state index contributed by atoms with van der Waals surface area (Å²) in [5.41, 5.74) is 7.49. The molecule has 1 aromatic carbocycles. The summed E-state index contributed by atoms with van der Waals surface area (Å²) in [4.78, 5) is 16.1. The van der Waals surface area contributed by atoms with Gasteiger partial charge in [0.2, 0.25) is 5.91 Å². The molecule has 0 spiro atoms. The summed E-state index contributed by atoms with van der Waals surface area (Å²) >= 11 is 4.02. The fourth-order valence-electron chi connectivity index (χ4n) is 2.56. The number of hydrogen-bond acceptors (Lipinski definition) is 6. The minimum Gasteiger partial charge on any atom is -0.497 e. The average Bonchev–Trinajstić information content (AvgIpc) is 2.64. The zero-order valence-electron chi connectivity index (χ0n) is 14.7. The van der Waals surface area contributed by atoms with Crippen molar-refractivity contribution in [3.05, 3.63) is 30.5 Å². The highest BCUT2D eigenvalue weighted by Crippen LogP contribution is 2.28. The maximum Gasteiger partial charge on any atom is 0.237 e. The number of carbonyl (C=O) groups excluding carboxylic acids is 1. The minimum atomic E-state index is -0.548. The number of hydrogen-bond donors (Lipinski definition) is 4. The van der Waals surface area contributed by atoms with E-state index in [1.54, 1.807) is 13.3 Å². The van der Waals surface area contributed by atoms with Gasteiger partial charge in [0.1, 0.15) is 5.75 Å². The zero-order valence-corrected chi connectivity index (χ0v) is 15.6. The standard InChI is InChI=1S/C18H26N4O2S/c1-12(5-3-8-21-18(23)15(19)11-25)22-16-10-14(24-2)9-13-6-4-7-20-17(13)16/h4,6-7,9-10,12,15,22,25H,3,5,8,11,19H2,1-2H3,(H,21,23). The van der Waals surface area contributed by atoms with Crippen LogP contribution in [0, 0.1) is 0 Å². The number of nitrogens with two attached hydrogens (primary N) is 1. The third-order valence-electron chi connectivity index (χ3n) is 3.96. The summed E-state index contributed by atoms with van der Waals surface area (Å²) in [6, 6.07) is 7.53. The van der Waals surface area contributed by atoms with E-state index in [0.717, 1.165) is 35.2 Å². The van der Waals surface area contributed by atoms with Crippen molar-refractivity contribution in [1.82, 2.24) is 10.3 Å². The van der Waals surface area contributed by atoms with E-state index in [9.17, 15) is 4.79 Å². The molecule has 4 N–H and O–H groups in total. The normalized spacial score (nSPS) is 13.3. The lowest BCUT2D eigenvalue weighted by Crippen LogP contribution is -2.42. The number of rotatable bonds is 9. The molecule has 2 atom stereocenters. The number of ether oxygens (including phenoxy) is 1. The lowest BCUT2D eigenvalue weighted by molar-refractivity contribution is -0.121. The number of methoxy groups -OCH3 is 1. The largest absolute Gasteiger partial charge is 0.497 e. The third kappa shape index (κ3) is 5.51. The lowest BCUT2D eigenvalue weighted by atomic mass is 10.1. The number of nitrogens with zero attached hydrogens (tertiary/aromatic N) is 1. The molecule has 0 fully saturated rings. The predicted octanol–water partition coefficient (Wildman–Crippen LogP) is 2.20. The van der Waals surface area contributed by atoms with Crippen LogP contribution in [0.4, 0.5) is 5.69 Å². The van der Waals surface area contributed by atoms with E-state index in [4.69, 9.17) is 10.5 Å². The average molecular weight is 362 g/mol. The van der Waals surface area contributed by atoms with E-state index in [-0.39, 0.29) is 11.9 Å². The first-order valence-corrected chi connectivity index (χ1v) is 9.02. The summed E-state index contributed by atoms with van der Waals surface area (Å²) < 4.78 is 5.37. The Balaban J connectivity index is 1.91. The molecule has 1 heterocycles. The molecular weight excluding hydrogens is 336 g/mol. The number of benzene rings is 1. The molecule has 0 radical (unpaired) electrons. The van der Waals surface area contributed by atoms with Crippen LogP contribution in [0.1, 0.15) is 19.8 Å². The molecule has 0 saturated carbocycles. The van der Waals surface area contributed by atoms with E-state index < -0.39 is 6.04 Å². The molecular formula is C18H26N4O2S. The Labute approximate surface area is 153 Å². The zero-order chi connectivity index (χ0) is 18.2. The van der Waals surface area contributed by atoms with Crippen LogP contribution in [0.15, 0.2) is 30.5 Å². The molecule has 0 aliphatic carbocycles. The van der Waals surface area contributed by atoms with Crippen molar-refractivity contribution in [2.24, 2.45) is 5.73 Å². The van der Waals surface area contributed by atoms with Gasteiger partial charge in [-0.15, -0.1) is 0 Å². The monoisotopic (exact) mass is 362 g/mol. The summed E-state index contributed by atoms with van der Waals surface area (Å²) in [7, 11) is 1.66. The van der Waals surface area contributed by atoms with Gasteiger partial charge in [-0.3, -0.25) is 9.78 Å². The van der Waals surface area contributed by atoms with Crippen molar-refractivity contribution >= 4 is 35.1 Å². The van der Waals surface area contributed by atoms with Gasteiger partial charge in [0.05, 0.1) is 24.4 Å². The number of pyridine rings is 1. The van der Waals surface area contributed by atoms with Crippen molar-refractivity contribution in [3.63, 3.8) is 0 Å². The van der Waals surface area contributed by atoms with Gasteiger partial charge in [-0.2, -0.15) is 12.6 Å². The van der Waals surface area contributed by atoms with E-state index in [1.165, 1.54) is 0 Å². The first-order valence-electron chi connectivity index (χ1n) is 8.38. The van der Waals surface area contributed by atoms with Gasteiger partial charge in [0.25, 0.3) is 0 Å². The molecule has 2 unspecified atom stereocenters. The highest BCUT2D eigenvalue weighted by molar-refractivity contribution is 7.80. The van der Waals surface area contributed by atoms with Gasteiger partial charge in [-0.1, -0.05) is 6.07 Å². The van der Waals surface area contributed by atoms with Crippen LogP contribution in [-0.4, -0.2) is 42.4 Å². The van der Waals surface area contributed by atoms with E-state index in [1.807, 2.05) is 24.3 Å². The Bertz CT molecular complexity index is 711. The summed E-state index contributed by atoms with van der Waals surface area (Å²) in [6.45, 7) is 2.71. The Morgan fingerprint density at radius 3 is 2.96 bits per heavy atom. The van der Waals surface area contributed by atoms with Crippen LogP contribution in [0.25, 0.3) is 10.9 Å². The summed E-state index contributed by atoms with van der Waals surface area (Å²) in [5, 5.41) is 7.35. The topological polar surface area (TPSA) is 89.3 Å². The van der Waals surface area contributed by atoms with Crippen molar-refractivity contribution < 1.29 is 9.53 Å². The van der Waals surface area contributed by atoms with Gasteiger partial charge in [0, 0.05) is 36.0 Å². The number of carbonyl (C=O) groups is 1. The quantitative estimate of drug-likeness (QED) is 0.406. The molecule has 1 aromatic heterocycles. The van der Waals surface area contributed by atoms with Crippen molar-refractivity contribution in [2.45, 2.75) is 31.8 Å². The molecule has 2 rings (SSSR count). The van der Waals surface area contributed by atoms with Crippen molar-refractivity contribution in [2.75, 3.05) is 24.7 Å². The Morgan fingerprint density at radius 1 is 1.44 bits per heavy atom. The third-order valence-corrected chi connectivity index (χ3v) is 4.36. The van der Waals surface area contributed by atoms with E-state index in [2.05, 4.69) is 35.2 Å². The number of aromatic nitrogens is 1.